The topological polar surface area (TPSA) is 81.5 Å². The molecule has 0 bridgehead atoms. The van der Waals surface area contributed by atoms with Crippen molar-refractivity contribution in [1.82, 2.24) is 0 Å². The zero-order chi connectivity index (χ0) is 18.4. The van der Waals surface area contributed by atoms with Crippen molar-refractivity contribution in [2.24, 2.45) is 0 Å². The molecule has 1 N–H and O–H groups in total. The molecule has 0 fully saturated rings. The van der Waals surface area contributed by atoms with Crippen LogP contribution in [0.15, 0.2) is 36.4 Å². The number of nitro benzene ring substituents is 1. The number of nitrogens with one attached hydrogen (secondary N) is 1. The highest BCUT2D eigenvalue weighted by Crippen LogP contribution is 2.22. The third kappa shape index (κ3) is 5.00. The lowest BCUT2D eigenvalue weighted by molar-refractivity contribution is -0.384. The first kappa shape index (κ1) is 18.4. The molecule has 132 valence electrons. The zero-order valence-corrected chi connectivity index (χ0v) is 14.0. The van der Waals surface area contributed by atoms with Gasteiger partial charge in [-0.05, 0) is 43.0 Å². The number of nitro groups is 1. The van der Waals surface area contributed by atoms with Crippen molar-refractivity contribution in [2.45, 2.75) is 26.2 Å². The van der Waals surface area contributed by atoms with E-state index < -0.39 is 10.7 Å². The lowest BCUT2D eigenvalue weighted by Gasteiger charge is -2.08. The van der Waals surface area contributed by atoms with E-state index in [0.29, 0.717) is 12.8 Å². The monoisotopic (exact) mass is 346 g/mol. The second-order valence-corrected chi connectivity index (χ2v) is 5.63. The molecule has 6 nitrogen and oxygen atoms in total. The maximum atomic E-state index is 13.6. The van der Waals surface area contributed by atoms with Crippen molar-refractivity contribution >= 4 is 17.3 Å². The number of carbonyl (C=O) groups excluding carboxylic acids is 1. The predicted octanol–water partition coefficient (Wildman–Crippen LogP) is 4.01. The van der Waals surface area contributed by atoms with Crippen molar-refractivity contribution in [3.63, 3.8) is 0 Å². The molecule has 7 heteroatoms. The van der Waals surface area contributed by atoms with Gasteiger partial charge in [0, 0.05) is 18.6 Å². The molecule has 0 aliphatic rings. The van der Waals surface area contributed by atoms with Crippen molar-refractivity contribution in [2.75, 3.05) is 12.4 Å². The Morgan fingerprint density at radius 2 is 2.04 bits per heavy atom. The zero-order valence-electron chi connectivity index (χ0n) is 14.0. The Hall–Kier alpha value is -2.96. The van der Waals surface area contributed by atoms with Gasteiger partial charge in [-0.1, -0.05) is 12.1 Å². The number of hydrogen-bond donors (Lipinski definition) is 1. The molecule has 0 spiro atoms. The number of nitrogens with zero attached hydrogens (tertiary/aromatic N) is 1. The van der Waals surface area contributed by atoms with E-state index in [-0.39, 0.29) is 23.7 Å². The number of rotatable bonds is 7. The summed E-state index contributed by atoms with van der Waals surface area (Å²) < 4.78 is 18.8. The molecule has 0 aliphatic heterocycles. The third-order valence-corrected chi connectivity index (χ3v) is 3.76. The average molecular weight is 346 g/mol. The Labute approximate surface area is 144 Å². The number of anilines is 1. The number of carbonyl (C=O) groups is 1. The predicted molar refractivity (Wildman–Crippen MR) is 92.4 cm³/mol. The minimum atomic E-state index is -0.704. The Morgan fingerprint density at radius 1 is 1.28 bits per heavy atom. The summed E-state index contributed by atoms with van der Waals surface area (Å²) >= 11 is 0. The molecule has 25 heavy (non-hydrogen) atoms. The van der Waals surface area contributed by atoms with Crippen LogP contribution in [-0.2, 0) is 11.2 Å². The van der Waals surface area contributed by atoms with E-state index in [1.165, 1.54) is 0 Å². The Bertz CT molecular complexity index is 793. The summed E-state index contributed by atoms with van der Waals surface area (Å²) in [6, 6.07) is 8.84. The summed E-state index contributed by atoms with van der Waals surface area (Å²) in [6.07, 6.45) is 1.46. The van der Waals surface area contributed by atoms with Gasteiger partial charge in [-0.2, -0.15) is 0 Å². The maximum Gasteiger partial charge on any atom is 0.271 e. The second-order valence-electron chi connectivity index (χ2n) is 5.63. The number of hydrogen-bond acceptors (Lipinski definition) is 4. The van der Waals surface area contributed by atoms with Gasteiger partial charge in [0.1, 0.15) is 11.6 Å². The van der Waals surface area contributed by atoms with Crippen molar-refractivity contribution in [3.05, 3.63) is 63.5 Å². The van der Waals surface area contributed by atoms with Crippen molar-refractivity contribution < 1.29 is 18.8 Å². The fourth-order valence-electron chi connectivity index (χ4n) is 2.48. The number of aryl methyl sites for hydroxylation is 2. The highest BCUT2D eigenvalue weighted by atomic mass is 19.1. The lowest BCUT2D eigenvalue weighted by atomic mass is 10.0. The molecule has 0 unspecified atom stereocenters. The van der Waals surface area contributed by atoms with Crippen LogP contribution in [0.1, 0.15) is 24.0 Å². The average Bonchev–Trinajstić information content (AvgIpc) is 2.57. The summed E-state index contributed by atoms with van der Waals surface area (Å²) in [5.41, 5.74) is 1.64. The van der Waals surface area contributed by atoms with Gasteiger partial charge in [0.05, 0.1) is 17.7 Å². The molecule has 0 radical (unpaired) electrons. The first-order chi connectivity index (χ1) is 11.9. The van der Waals surface area contributed by atoms with E-state index in [1.807, 2.05) is 25.1 Å². The largest absolute Gasteiger partial charge is 0.496 e. The van der Waals surface area contributed by atoms with Crippen LogP contribution in [0, 0.1) is 22.9 Å². The number of amides is 1. The highest BCUT2D eigenvalue weighted by Gasteiger charge is 2.13. The quantitative estimate of drug-likeness (QED) is 0.606. The first-order valence-corrected chi connectivity index (χ1v) is 7.78. The van der Waals surface area contributed by atoms with Crippen LogP contribution in [0.4, 0.5) is 15.8 Å². The van der Waals surface area contributed by atoms with E-state index in [2.05, 4.69) is 5.32 Å². The first-order valence-electron chi connectivity index (χ1n) is 7.78. The van der Waals surface area contributed by atoms with Crippen LogP contribution in [0.25, 0.3) is 0 Å². The molecule has 2 aromatic rings. The number of non-ortho nitro benzene ring substituents is 1. The highest BCUT2D eigenvalue weighted by molar-refractivity contribution is 5.91. The Kier molecular flexibility index (Phi) is 6.05. The van der Waals surface area contributed by atoms with Gasteiger partial charge in [-0.15, -0.1) is 0 Å². The van der Waals surface area contributed by atoms with Crippen LogP contribution >= 0.6 is 0 Å². The molecule has 2 aromatic carbocycles. The number of halogens is 1. The molecule has 0 atom stereocenters. The number of ether oxygens (including phenoxy) is 1. The van der Waals surface area contributed by atoms with E-state index in [9.17, 15) is 19.3 Å². The SMILES string of the molecule is COc1ccc(CCCC(=O)Nc2cc([N+](=O)[O-])ccc2F)cc1C. The molecule has 0 saturated heterocycles. The molecular formula is C18H19FN2O4. The van der Waals surface area contributed by atoms with Crippen LogP contribution in [0.5, 0.6) is 5.75 Å². The normalized spacial score (nSPS) is 10.4. The van der Waals surface area contributed by atoms with Crippen LogP contribution in [0.2, 0.25) is 0 Å². The molecule has 0 heterocycles. The summed E-state index contributed by atoms with van der Waals surface area (Å²) in [5.74, 6) is -0.281. The number of benzene rings is 2. The third-order valence-electron chi connectivity index (χ3n) is 3.76. The lowest BCUT2D eigenvalue weighted by Crippen LogP contribution is -2.13. The van der Waals surface area contributed by atoms with Crippen molar-refractivity contribution in [1.29, 1.82) is 0 Å². The summed E-state index contributed by atoms with van der Waals surface area (Å²) in [7, 11) is 1.61. The molecule has 1 amide bonds. The van der Waals surface area contributed by atoms with Gasteiger partial charge >= 0.3 is 0 Å². The minimum Gasteiger partial charge on any atom is -0.496 e. The van der Waals surface area contributed by atoms with Gasteiger partial charge < -0.3 is 10.1 Å². The van der Waals surface area contributed by atoms with E-state index in [0.717, 1.165) is 35.1 Å². The van der Waals surface area contributed by atoms with E-state index in [1.54, 1.807) is 7.11 Å². The molecule has 0 saturated carbocycles. The van der Waals surface area contributed by atoms with Gasteiger partial charge in [0.2, 0.25) is 5.91 Å². The molecule has 0 aromatic heterocycles. The van der Waals surface area contributed by atoms with Gasteiger partial charge in [-0.25, -0.2) is 4.39 Å². The van der Waals surface area contributed by atoms with Gasteiger partial charge in [-0.3, -0.25) is 14.9 Å². The molecule has 2 rings (SSSR count). The van der Waals surface area contributed by atoms with E-state index in [4.69, 9.17) is 4.74 Å². The Balaban J connectivity index is 1.90. The minimum absolute atomic E-state index is 0.181. The van der Waals surface area contributed by atoms with Gasteiger partial charge in [0.25, 0.3) is 5.69 Å². The van der Waals surface area contributed by atoms with Crippen LogP contribution < -0.4 is 10.1 Å². The van der Waals surface area contributed by atoms with Crippen LogP contribution in [-0.4, -0.2) is 17.9 Å². The molecular weight excluding hydrogens is 327 g/mol. The van der Waals surface area contributed by atoms with Crippen LogP contribution in [0.3, 0.4) is 0 Å². The number of methoxy groups -OCH3 is 1. The summed E-state index contributed by atoms with van der Waals surface area (Å²) in [4.78, 5) is 22.0. The Morgan fingerprint density at radius 3 is 2.68 bits per heavy atom. The molecule has 0 aliphatic carbocycles. The summed E-state index contributed by atoms with van der Waals surface area (Å²) in [6.45, 7) is 1.94. The van der Waals surface area contributed by atoms with Crippen molar-refractivity contribution in [3.8, 4) is 5.75 Å². The summed E-state index contributed by atoms with van der Waals surface area (Å²) in [5, 5.41) is 13.1. The van der Waals surface area contributed by atoms with E-state index >= 15 is 0 Å². The maximum absolute atomic E-state index is 13.6. The fourth-order valence-corrected chi connectivity index (χ4v) is 2.48. The fraction of sp³-hybridized carbons (Fsp3) is 0.278. The smallest absolute Gasteiger partial charge is 0.271 e. The van der Waals surface area contributed by atoms with Gasteiger partial charge in [0.15, 0.2) is 0 Å². The standard InChI is InChI=1S/C18H19FN2O4/c1-12-10-13(6-9-17(12)25-2)4-3-5-18(22)20-16-11-14(21(23)24)7-8-15(16)19/h6-11H,3-5H2,1-2H3,(H,20,22). The second kappa shape index (κ2) is 8.23.